The Bertz CT molecular complexity index is 716. The molecular formula is C24H32N2O2. The van der Waals surface area contributed by atoms with Crippen molar-refractivity contribution in [1.29, 1.82) is 0 Å². The number of aryl methyl sites for hydroxylation is 1. The molecule has 4 heteroatoms. The number of amides is 2. The summed E-state index contributed by atoms with van der Waals surface area (Å²) in [5, 5.41) is 2.96. The molecule has 4 nitrogen and oxygen atoms in total. The van der Waals surface area contributed by atoms with E-state index < -0.39 is 6.04 Å². The van der Waals surface area contributed by atoms with Crippen LogP contribution in [-0.4, -0.2) is 35.8 Å². The molecule has 0 bridgehead atoms. The van der Waals surface area contributed by atoms with E-state index in [-0.39, 0.29) is 11.8 Å². The number of nitrogens with one attached hydrogen (secondary N) is 1. The Morgan fingerprint density at radius 1 is 0.893 bits per heavy atom. The molecule has 2 aromatic carbocycles. The van der Waals surface area contributed by atoms with Crippen LogP contribution in [0.4, 0.5) is 0 Å². The summed E-state index contributed by atoms with van der Waals surface area (Å²) in [7, 11) is 0. The van der Waals surface area contributed by atoms with Crippen molar-refractivity contribution in [3.63, 3.8) is 0 Å². The second-order valence-corrected chi connectivity index (χ2v) is 7.02. The highest BCUT2D eigenvalue weighted by molar-refractivity contribution is 5.87. The molecule has 0 aliphatic carbocycles. The summed E-state index contributed by atoms with van der Waals surface area (Å²) in [4.78, 5) is 27.5. The van der Waals surface area contributed by atoms with Crippen molar-refractivity contribution >= 4 is 11.8 Å². The standard InChI is InChI=1S/C24H32N2O2/c1-3-18-25-24(28)22(4-2)26(19-17-21-13-9-6-10-14-21)23(27)16-15-20-11-7-5-8-12-20/h5-14,22H,3-4,15-19H2,1-2H3,(H,25,28)/t22-/m0/s1. The lowest BCUT2D eigenvalue weighted by atomic mass is 10.1. The second kappa shape index (κ2) is 12.0. The topological polar surface area (TPSA) is 49.4 Å². The van der Waals surface area contributed by atoms with Crippen molar-refractivity contribution in [2.75, 3.05) is 13.1 Å². The number of benzene rings is 2. The number of carbonyl (C=O) groups excluding carboxylic acids is 2. The minimum Gasteiger partial charge on any atom is -0.354 e. The van der Waals surface area contributed by atoms with Crippen LogP contribution in [0, 0.1) is 0 Å². The van der Waals surface area contributed by atoms with Crippen LogP contribution in [0.3, 0.4) is 0 Å². The fraction of sp³-hybridized carbons (Fsp3) is 0.417. The molecule has 0 heterocycles. The highest BCUT2D eigenvalue weighted by atomic mass is 16.2. The number of hydrogen-bond acceptors (Lipinski definition) is 2. The molecule has 0 aliphatic rings. The Kier molecular flexibility index (Phi) is 9.26. The monoisotopic (exact) mass is 380 g/mol. The van der Waals surface area contributed by atoms with Gasteiger partial charge in [-0.3, -0.25) is 9.59 Å². The molecule has 150 valence electrons. The lowest BCUT2D eigenvalue weighted by Crippen LogP contribution is -2.50. The van der Waals surface area contributed by atoms with Gasteiger partial charge in [-0.15, -0.1) is 0 Å². The third kappa shape index (κ3) is 6.84. The average molecular weight is 381 g/mol. The molecule has 2 rings (SSSR count). The molecule has 0 aromatic heterocycles. The van der Waals surface area contributed by atoms with Gasteiger partial charge in [0.05, 0.1) is 0 Å². The molecule has 0 spiro atoms. The highest BCUT2D eigenvalue weighted by Crippen LogP contribution is 2.12. The van der Waals surface area contributed by atoms with E-state index in [9.17, 15) is 9.59 Å². The maximum atomic E-state index is 13.1. The third-order valence-electron chi connectivity index (χ3n) is 4.89. The van der Waals surface area contributed by atoms with Crippen molar-refractivity contribution < 1.29 is 9.59 Å². The van der Waals surface area contributed by atoms with E-state index in [4.69, 9.17) is 0 Å². The van der Waals surface area contributed by atoms with Gasteiger partial charge in [0.15, 0.2) is 0 Å². The quantitative estimate of drug-likeness (QED) is 0.641. The van der Waals surface area contributed by atoms with Gasteiger partial charge in [0.25, 0.3) is 0 Å². The van der Waals surface area contributed by atoms with Gasteiger partial charge in [-0.25, -0.2) is 0 Å². The minimum atomic E-state index is -0.418. The van der Waals surface area contributed by atoms with Crippen LogP contribution < -0.4 is 5.32 Å². The maximum Gasteiger partial charge on any atom is 0.242 e. The molecule has 0 radical (unpaired) electrons. The first-order chi connectivity index (χ1) is 13.7. The Morgan fingerprint density at radius 2 is 1.46 bits per heavy atom. The summed E-state index contributed by atoms with van der Waals surface area (Å²) in [6.45, 7) is 5.19. The van der Waals surface area contributed by atoms with Gasteiger partial charge in [-0.1, -0.05) is 74.5 Å². The first-order valence-electron chi connectivity index (χ1n) is 10.3. The summed E-state index contributed by atoms with van der Waals surface area (Å²) in [6.07, 6.45) is 3.34. The van der Waals surface area contributed by atoms with Crippen LogP contribution in [0.5, 0.6) is 0 Å². The molecule has 0 fully saturated rings. The van der Waals surface area contributed by atoms with Gasteiger partial charge in [-0.2, -0.15) is 0 Å². The number of hydrogen-bond donors (Lipinski definition) is 1. The van der Waals surface area contributed by atoms with E-state index in [0.717, 1.165) is 18.4 Å². The maximum absolute atomic E-state index is 13.1. The number of rotatable bonds is 11. The van der Waals surface area contributed by atoms with Crippen molar-refractivity contribution in [2.45, 2.75) is 52.0 Å². The lowest BCUT2D eigenvalue weighted by molar-refractivity contribution is -0.140. The molecule has 2 aromatic rings. The predicted molar refractivity (Wildman–Crippen MR) is 114 cm³/mol. The first-order valence-corrected chi connectivity index (χ1v) is 10.3. The fourth-order valence-electron chi connectivity index (χ4n) is 3.30. The van der Waals surface area contributed by atoms with E-state index in [2.05, 4.69) is 17.4 Å². The van der Waals surface area contributed by atoms with Crippen LogP contribution in [-0.2, 0) is 22.4 Å². The van der Waals surface area contributed by atoms with Crippen LogP contribution in [0.25, 0.3) is 0 Å². The highest BCUT2D eigenvalue weighted by Gasteiger charge is 2.27. The predicted octanol–water partition coefficient (Wildman–Crippen LogP) is 4.00. The number of carbonyl (C=O) groups is 2. The smallest absolute Gasteiger partial charge is 0.242 e. The molecule has 1 atom stereocenters. The van der Waals surface area contributed by atoms with E-state index in [1.165, 1.54) is 5.56 Å². The molecule has 0 saturated heterocycles. The molecule has 1 N–H and O–H groups in total. The zero-order valence-electron chi connectivity index (χ0n) is 17.1. The van der Waals surface area contributed by atoms with E-state index >= 15 is 0 Å². The molecule has 28 heavy (non-hydrogen) atoms. The largest absolute Gasteiger partial charge is 0.354 e. The normalized spacial score (nSPS) is 11.6. The minimum absolute atomic E-state index is 0.0401. The fourth-order valence-corrected chi connectivity index (χ4v) is 3.30. The SMILES string of the molecule is CCCNC(=O)[C@H](CC)N(CCc1ccccc1)C(=O)CCc1ccccc1. The van der Waals surface area contributed by atoms with E-state index in [0.29, 0.717) is 32.4 Å². The summed E-state index contributed by atoms with van der Waals surface area (Å²) >= 11 is 0. The zero-order chi connectivity index (χ0) is 20.2. The van der Waals surface area contributed by atoms with Crippen LogP contribution >= 0.6 is 0 Å². The van der Waals surface area contributed by atoms with E-state index in [1.807, 2.05) is 62.4 Å². The van der Waals surface area contributed by atoms with Crippen molar-refractivity contribution in [3.05, 3.63) is 71.8 Å². The van der Waals surface area contributed by atoms with Crippen LogP contribution in [0.2, 0.25) is 0 Å². The number of nitrogens with zero attached hydrogens (tertiary/aromatic N) is 1. The summed E-state index contributed by atoms with van der Waals surface area (Å²) in [6, 6.07) is 19.7. The Balaban J connectivity index is 2.08. The van der Waals surface area contributed by atoms with Gasteiger partial charge >= 0.3 is 0 Å². The Hall–Kier alpha value is -2.62. The summed E-state index contributed by atoms with van der Waals surface area (Å²) in [5.41, 5.74) is 2.31. The van der Waals surface area contributed by atoms with Gasteiger partial charge in [-0.05, 0) is 36.8 Å². The lowest BCUT2D eigenvalue weighted by Gasteiger charge is -2.30. The van der Waals surface area contributed by atoms with Gasteiger partial charge < -0.3 is 10.2 Å². The van der Waals surface area contributed by atoms with Crippen molar-refractivity contribution in [1.82, 2.24) is 10.2 Å². The molecule has 0 aliphatic heterocycles. The van der Waals surface area contributed by atoms with Gasteiger partial charge in [0, 0.05) is 19.5 Å². The first kappa shape index (κ1) is 21.7. The van der Waals surface area contributed by atoms with Crippen LogP contribution in [0.1, 0.15) is 44.2 Å². The van der Waals surface area contributed by atoms with E-state index in [1.54, 1.807) is 4.90 Å². The van der Waals surface area contributed by atoms with Crippen molar-refractivity contribution in [3.8, 4) is 0 Å². The Labute approximate surface area is 169 Å². The molecule has 2 amide bonds. The zero-order valence-corrected chi connectivity index (χ0v) is 17.1. The van der Waals surface area contributed by atoms with Gasteiger partial charge in [0.1, 0.15) is 6.04 Å². The van der Waals surface area contributed by atoms with Gasteiger partial charge in [0.2, 0.25) is 11.8 Å². The molecule has 0 saturated carbocycles. The third-order valence-corrected chi connectivity index (χ3v) is 4.89. The molecule has 0 unspecified atom stereocenters. The summed E-state index contributed by atoms with van der Waals surface area (Å²) in [5.74, 6) is -0.0104. The van der Waals surface area contributed by atoms with Crippen LogP contribution in [0.15, 0.2) is 60.7 Å². The Morgan fingerprint density at radius 3 is 2.00 bits per heavy atom. The molecular weight excluding hydrogens is 348 g/mol. The second-order valence-electron chi connectivity index (χ2n) is 7.02. The average Bonchev–Trinajstić information content (AvgIpc) is 2.74. The van der Waals surface area contributed by atoms with Crippen molar-refractivity contribution in [2.24, 2.45) is 0 Å². The summed E-state index contributed by atoms with van der Waals surface area (Å²) < 4.78 is 0.